The summed E-state index contributed by atoms with van der Waals surface area (Å²) < 4.78 is 6.26. The van der Waals surface area contributed by atoms with Gasteiger partial charge in [0.15, 0.2) is 5.78 Å². The molecule has 6 heteroatoms. The molecule has 10 atom stereocenters. The Kier molecular flexibility index (Phi) is 5.17. The SMILES string of the molecule is CC1(C)CCC(C(C)(O)[C@H]2CC[C@@]3(O)C4=CC(=O)[C@@H]5C[C@@H](O)[C@@H](O)C[C@]5(C)[C@H]4CC[C@]23C)O1. The second-order valence-corrected chi connectivity index (χ2v) is 13.2. The molecule has 186 valence electrons. The van der Waals surface area contributed by atoms with E-state index in [2.05, 4.69) is 27.7 Å². The van der Waals surface area contributed by atoms with E-state index in [1.54, 1.807) is 6.08 Å². The van der Waals surface area contributed by atoms with E-state index in [4.69, 9.17) is 4.74 Å². The smallest absolute Gasteiger partial charge is 0.159 e. The molecule has 4 aliphatic carbocycles. The van der Waals surface area contributed by atoms with Crippen molar-refractivity contribution >= 4 is 5.78 Å². The topological polar surface area (TPSA) is 107 Å². The first-order chi connectivity index (χ1) is 15.2. The maximum Gasteiger partial charge on any atom is 0.159 e. The molecule has 0 amide bonds. The van der Waals surface area contributed by atoms with Crippen LogP contribution in [-0.4, -0.2) is 61.3 Å². The van der Waals surface area contributed by atoms with Crippen molar-refractivity contribution < 1.29 is 30.0 Å². The summed E-state index contributed by atoms with van der Waals surface area (Å²) in [7, 11) is 0. The van der Waals surface area contributed by atoms with Gasteiger partial charge >= 0.3 is 0 Å². The third-order valence-corrected chi connectivity index (χ3v) is 10.9. The molecule has 0 spiro atoms. The van der Waals surface area contributed by atoms with Gasteiger partial charge in [0, 0.05) is 11.3 Å². The van der Waals surface area contributed by atoms with E-state index < -0.39 is 34.2 Å². The van der Waals surface area contributed by atoms with E-state index in [0.717, 1.165) is 31.3 Å². The van der Waals surface area contributed by atoms with Crippen molar-refractivity contribution in [3.05, 3.63) is 11.6 Å². The van der Waals surface area contributed by atoms with Crippen molar-refractivity contribution in [2.75, 3.05) is 0 Å². The minimum absolute atomic E-state index is 0.00853. The second kappa shape index (κ2) is 7.13. The van der Waals surface area contributed by atoms with Gasteiger partial charge in [0.2, 0.25) is 0 Å². The lowest BCUT2D eigenvalue weighted by atomic mass is 9.45. The van der Waals surface area contributed by atoms with Gasteiger partial charge in [-0.3, -0.25) is 4.79 Å². The number of aliphatic hydroxyl groups is 4. The molecule has 4 fully saturated rings. The summed E-state index contributed by atoms with van der Waals surface area (Å²) in [5.74, 6) is -0.517. The van der Waals surface area contributed by atoms with Gasteiger partial charge in [0.25, 0.3) is 0 Å². The first-order valence-corrected chi connectivity index (χ1v) is 12.9. The first-order valence-electron chi connectivity index (χ1n) is 12.9. The van der Waals surface area contributed by atoms with Crippen LogP contribution in [0.25, 0.3) is 0 Å². The molecule has 5 aliphatic rings. The van der Waals surface area contributed by atoms with Crippen LogP contribution in [0.4, 0.5) is 0 Å². The van der Waals surface area contributed by atoms with Crippen LogP contribution in [0.3, 0.4) is 0 Å². The second-order valence-electron chi connectivity index (χ2n) is 13.2. The normalized spacial score (nSPS) is 53.0. The number of fused-ring (bicyclic) bond motifs is 5. The molecule has 4 N–H and O–H groups in total. The van der Waals surface area contributed by atoms with Crippen LogP contribution in [0.2, 0.25) is 0 Å². The van der Waals surface area contributed by atoms with Crippen molar-refractivity contribution in [1.82, 2.24) is 0 Å². The van der Waals surface area contributed by atoms with Gasteiger partial charge in [-0.1, -0.05) is 13.8 Å². The molecule has 1 saturated heterocycles. The van der Waals surface area contributed by atoms with Crippen LogP contribution in [0.1, 0.15) is 86.0 Å². The fourth-order valence-electron chi connectivity index (χ4n) is 8.93. The number of ether oxygens (including phenoxy) is 1. The standard InChI is InChI=1S/C27H42O6/c1-23(2)9-8-22(33-23)26(5,31)21-7-11-27(32)16-12-18(28)17-13-19(29)20(30)14-24(17,3)15(16)6-10-25(21,27)4/h12,15,17,19-22,29-32H,6-11,13-14H2,1-5H3/t15-,17-,19+,20-,21-,22?,24+,25+,26?,27+/m0/s1. The molecule has 0 aromatic rings. The Morgan fingerprint density at radius 3 is 2.33 bits per heavy atom. The van der Waals surface area contributed by atoms with E-state index in [-0.39, 0.29) is 41.7 Å². The summed E-state index contributed by atoms with van der Waals surface area (Å²) in [6, 6.07) is 0. The minimum Gasteiger partial charge on any atom is -0.390 e. The fraction of sp³-hybridized carbons (Fsp3) is 0.889. The van der Waals surface area contributed by atoms with Crippen molar-refractivity contribution in [3.8, 4) is 0 Å². The number of carbonyl (C=O) groups excluding carboxylic acids is 1. The van der Waals surface area contributed by atoms with Gasteiger partial charge in [0.05, 0.1) is 35.1 Å². The molecule has 6 nitrogen and oxygen atoms in total. The Balaban J connectivity index is 1.51. The zero-order chi connectivity index (χ0) is 24.2. The van der Waals surface area contributed by atoms with Crippen LogP contribution >= 0.6 is 0 Å². The first kappa shape index (κ1) is 23.9. The minimum atomic E-state index is -1.16. The summed E-state index contributed by atoms with van der Waals surface area (Å²) >= 11 is 0. The van der Waals surface area contributed by atoms with Gasteiger partial charge in [-0.2, -0.15) is 0 Å². The van der Waals surface area contributed by atoms with Gasteiger partial charge in [-0.15, -0.1) is 0 Å². The van der Waals surface area contributed by atoms with E-state index >= 15 is 0 Å². The molecule has 0 aromatic heterocycles. The predicted molar refractivity (Wildman–Crippen MR) is 123 cm³/mol. The molecule has 1 aliphatic heterocycles. The lowest BCUT2D eigenvalue weighted by Gasteiger charge is -2.60. The van der Waals surface area contributed by atoms with Crippen LogP contribution in [0.15, 0.2) is 11.6 Å². The third kappa shape index (κ3) is 3.13. The monoisotopic (exact) mass is 462 g/mol. The van der Waals surface area contributed by atoms with Gasteiger partial charge in [-0.25, -0.2) is 0 Å². The van der Waals surface area contributed by atoms with Crippen molar-refractivity contribution in [2.24, 2.45) is 28.6 Å². The Bertz CT molecular complexity index is 878. The maximum atomic E-state index is 13.3. The van der Waals surface area contributed by atoms with Crippen molar-refractivity contribution in [1.29, 1.82) is 0 Å². The largest absolute Gasteiger partial charge is 0.390 e. The molecule has 3 saturated carbocycles. The number of allylic oxidation sites excluding steroid dienone is 1. The highest BCUT2D eigenvalue weighted by Crippen LogP contribution is 2.69. The molecule has 1 heterocycles. The van der Waals surface area contributed by atoms with E-state index in [1.807, 2.05) is 6.92 Å². The lowest BCUT2D eigenvalue weighted by molar-refractivity contribution is -0.188. The third-order valence-electron chi connectivity index (χ3n) is 10.9. The number of carbonyl (C=O) groups is 1. The van der Waals surface area contributed by atoms with Crippen LogP contribution in [-0.2, 0) is 9.53 Å². The molecule has 0 radical (unpaired) electrons. The average molecular weight is 463 g/mol. The molecule has 5 rings (SSSR count). The summed E-state index contributed by atoms with van der Waals surface area (Å²) in [6.45, 7) is 10.2. The average Bonchev–Trinajstić information content (AvgIpc) is 3.21. The van der Waals surface area contributed by atoms with Crippen LogP contribution in [0, 0.1) is 28.6 Å². The van der Waals surface area contributed by atoms with Crippen molar-refractivity contribution in [2.45, 2.75) is 121 Å². The molecule has 0 aromatic carbocycles. The Hall–Kier alpha value is -0.790. The number of rotatable bonds is 2. The Morgan fingerprint density at radius 1 is 1.00 bits per heavy atom. The number of aliphatic hydroxyl groups excluding tert-OH is 2. The van der Waals surface area contributed by atoms with Gasteiger partial charge in [0.1, 0.15) is 0 Å². The summed E-state index contributed by atoms with van der Waals surface area (Å²) in [4.78, 5) is 13.3. The van der Waals surface area contributed by atoms with E-state index in [1.165, 1.54) is 0 Å². The Morgan fingerprint density at radius 2 is 1.70 bits per heavy atom. The van der Waals surface area contributed by atoms with E-state index in [0.29, 0.717) is 19.3 Å². The molecular formula is C27H42O6. The fourth-order valence-corrected chi connectivity index (χ4v) is 8.93. The predicted octanol–water partition coefficient (Wildman–Crippen LogP) is 2.90. The van der Waals surface area contributed by atoms with Crippen molar-refractivity contribution in [3.63, 3.8) is 0 Å². The Labute approximate surface area is 197 Å². The summed E-state index contributed by atoms with van der Waals surface area (Å²) in [5.41, 5.74) is -2.73. The highest BCUT2D eigenvalue weighted by Gasteiger charge is 2.69. The number of ketones is 1. The number of hydrogen-bond acceptors (Lipinski definition) is 6. The molecule has 2 unspecified atom stereocenters. The molecule has 0 bridgehead atoms. The zero-order valence-electron chi connectivity index (χ0n) is 20.8. The highest BCUT2D eigenvalue weighted by atomic mass is 16.5. The zero-order valence-corrected chi connectivity index (χ0v) is 20.8. The number of hydrogen-bond donors (Lipinski definition) is 4. The maximum absolute atomic E-state index is 13.3. The van der Waals surface area contributed by atoms with Gasteiger partial charge < -0.3 is 25.2 Å². The molecular weight excluding hydrogens is 420 g/mol. The highest BCUT2D eigenvalue weighted by molar-refractivity contribution is 5.95. The molecule has 33 heavy (non-hydrogen) atoms. The quantitative estimate of drug-likeness (QED) is 0.503. The summed E-state index contributed by atoms with van der Waals surface area (Å²) in [5, 5.41) is 44.9. The lowest BCUT2D eigenvalue weighted by Crippen LogP contribution is -2.62. The van der Waals surface area contributed by atoms with Crippen LogP contribution < -0.4 is 0 Å². The van der Waals surface area contributed by atoms with E-state index in [9.17, 15) is 25.2 Å². The van der Waals surface area contributed by atoms with Gasteiger partial charge in [-0.05, 0) is 101 Å². The van der Waals surface area contributed by atoms with Crippen LogP contribution in [0.5, 0.6) is 0 Å². The summed E-state index contributed by atoms with van der Waals surface area (Å²) in [6.07, 6.45) is 4.77.